The van der Waals surface area contributed by atoms with Gasteiger partial charge in [-0.3, -0.25) is 4.79 Å². The van der Waals surface area contributed by atoms with E-state index < -0.39 is 0 Å². The largest absolute Gasteiger partial charge is 0.364 e. The molecule has 0 saturated heterocycles. The monoisotopic (exact) mass is 189 g/mol. The maximum atomic E-state index is 11.5. The number of aromatic nitrogens is 1. The van der Waals surface area contributed by atoms with Gasteiger partial charge in [0.25, 0.3) is 0 Å². The molecule has 1 heterocycles. The topological polar surface area (TPSA) is 31.2 Å². The van der Waals surface area contributed by atoms with Crippen molar-refractivity contribution in [1.29, 1.82) is 0 Å². The van der Waals surface area contributed by atoms with Gasteiger partial charge in [0.15, 0.2) is 5.43 Å². The Morgan fingerprint density at radius 1 is 1.29 bits per heavy atom. The highest BCUT2D eigenvalue weighted by molar-refractivity contribution is 5.78. The van der Waals surface area contributed by atoms with Crippen molar-refractivity contribution in [1.82, 2.24) is 4.57 Å². The highest BCUT2D eigenvalue weighted by Crippen LogP contribution is 2.08. The molecule has 2 aromatic rings. The summed E-state index contributed by atoms with van der Waals surface area (Å²) >= 11 is 0. The van der Waals surface area contributed by atoms with Crippen LogP contribution in [0.1, 0.15) is 0 Å². The summed E-state index contributed by atoms with van der Waals surface area (Å²) in [6.07, 6.45) is 1.74. The number of benzene rings is 1. The van der Waals surface area contributed by atoms with Crippen molar-refractivity contribution in [3.8, 4) is 0 Å². The second kappa shape index (κ2) is 3.64. The summed E-state index contributed by atoms with van der Waals surface area (Å²) < 4.78 is 6.94. The van der Waals surface area contributed by atoms with Crippen LogP contribution in [-0.2, 0) is 11.5 Å². The summed E-state index contributed by atoms with van der Waals surface area (Å²) in [6.45, 7) is 0.459. The summed E-state index contributed by atoms with van der Waals surface area (Å²) in [5.41, 5.74) is 0.954. The maximum Gasteiger partial charge on any atom is 0.189 e. The van der Waals surface area contributed by atoms with Crippen LogP contribution in [0.3, 0.4) is 0 Å². The fraction of sp³-hybridized carbons (Fsp3) is 0.182. The van der Waals surface area contributed by atoms with Gasteiger partial charge in [0.1, 0.15) is 6.73 Å². The Labute approximate surface area is 81.5 Å². The van der Waals surface area contributed by atoms with Crippen molar-refractivity contribution < 1.29 is 4.74 Å². The fourth-order valence-corrected chi connectivity index (χ4v) is 1.51. The molecule has 3 nitrogen and oxygen atoms in total. The van der Waals surface area contributed by atoms with Crippen LogP contribution in [0.5, 0.6) is 0 Å². The third-order valence-electron chi connectivity index (χ3n) is 2.15. The molecule has 0 aliphatic heterocycles. The van der Waals surface area contributed by atoms with E-state index in [4.69, 9.17) is 4.74 Å². The van der Waals surface area contributed by atoms with Crippen LogP contribution in [0.2, 0.25) is 0 Å². The molecular formula is C11H11NO2. The second-order valence-corrected chi connectivity index (χ2v) is 3.08. The molecule has 0 saturated carbocycles. The lowest BCUT2D eigenvalue weighted by atomic mass is 10.2. The lowest BCUT2D eigenvalue weighted by Gasteiger charge is -2.08. The lowest BCUT2D eigenvalue weighted by molar-refractivity contribution is 0.134. The number of ether oxygens (including phenoxy) is 1. The van der Waals surface area contributed by atoms with Gasteiger partial charge in [-0.2, -0.15) is 0 Å². The first kappa shape index (κ1) is 8.97. The molecule has 0 bridgehead atoms. The number of nitrogens with zero attached hydrogens (tertiary/aromatic N) is 1. The van der Waals surface area contributed by atoms with E-state index in [0.717, 1.165) is 10.9 Å². The lowest BCUT2D eigenvalue weighted by Crippen LogP contribution is -2.08. The standard InChI is InChI=1S/C11H11NO2/c1-14-8-12-7-6-11(13)9-4-2-3-5-10(9)12/h2-7H,8H2,1H3. The molecule has 0 aliphatic rings. The van der Waals surface area contributed by atoms with Crippen molar-refractivity contribution in [2.75, 3.05) is 7.11 Å². The molecule has 0 aliphatic carbocycles. The minimum absolute atomic E-state index is 0.0490. The molecule has 1 aromatic heterocycles. The third-order valence-corrected chi connectivity index (χ3v) is 2.15. The summed E-state index contributed by atoms with van der Waals surface area (Å²) in [5.74, 6) is 0. The van der Waals surface area contributed by atoms with E-state index in [1.165, 1.54) is 0 Å². The fourth-order valence-electron chi connectivity index (χ4n) is 1.51. The molecule has 0 spiro atoms. The van der Waals surface area contributed by atoms with E-state index in [2.05, 4.69) is 0 Å². The molecule has 14 heavy (non-hydrogen) atoms. The number of rotatable bonds is 2. The van der Waals surface area contributed by atoms with E-state index in [0.29, 0.717) is 6.73 Å². The van der Waals surface area contributed by atoms with Crippen molar-refractivity contribution >= 4 is 10.9 Å². The molecule has 0 atom stereocenters. The molecule has 2 rings (SSSR count). The third kappa shape index (κ3) is 1.42. The van der Waals surface area contributed by atoms with Crippen molar-refractivity contribution in [3.63, 3.8) is 0 Å². The van der Waals surface area contributed by atoms with Gasteiger partial charge < -0.3 is 9.30 Å². The van der Waals surface area contributed by atoms with E-state index >= 15 is 0 Å². The first-order valence-electron chi connectivity index (χ1n) is 4.40. The van der Waals surface area contributed by atoms with Crippen molar-refractivity contribution in [2.24, 2.45) is 0 Å². The van der Waals surface area contributed by atoms with Gasteiger partial charge in [-0.15, -0.1) is 0 Å². The van der Waals surface area contributed by atoms with E-state index in [9.17, 15) is 4.79 Å². The Hall–Kier alpha value is -1.61. The predicted octanol–water partition coefficient (Wildman–Crippen LogP) is 1.61. The Morgan fingerprint density at radius 3 is 2.86 bits per heavy atom. The van der Waals surface area contributed by atoms with Crippen LogP contribution >= 0.6 is 0 Å². The molecule has 1 aromatic carbocycles. The first-order chi connectivity index (χ1) is 6.83. The Kier molecular flexibility index (Phi) is 2.33. The van der Waals surface area contributed by atoms with Crippen molar-refractivity contribution in [3.05, 3.63) is 46.8 Å². The minimum Gasteiger partial charge on any atom is -0.364 e. The van der Waals surface area contributed by atoms with Crippen LogP contribution in [0.4, 0.5) is 0 Å². The average Bonchev–Trinajstić information content (AvgIpc) is 2.23. The Bertz CT molecular complexity index is 502. The highest BCUT2D eigenvalue weighted by Gasteiger charge is 1.99. The van der Waals surface area contributed by atoms with Gasteiger partial charge in [0.05, 0.1) is 5.52 Å². The van der Waals surface area contributed by atoms with Gasteiger partial charge >= 0.3 is 0 Å². The summed E-state index contributed by atoms with van der Waals surface area (Å²) in [7, 11) is 1.63. The molecule has 0 unspecified atom stereocenters. The van der Waals surface area contributed by atoms with Gasteiger partial charge in [-0.05, 0) is 12.1 Å². The molecule has 0 amide bonds. The molecule has 3 heteroatoms. The van der Waals surface area contributed by atoms with E-state index in [-0.39, 0.29) is 5.43 Å². The van der Waals surface area contributed by atoms with Crippen molar-refractivity contribution in [2.45, 2.75) is 6.73 Å². The first-order valence-corrected chi connectivity index (χ1v) is 4.40. The SMILES string of the molecule is COCn1ccc(=O)c2ccccc21. The van der Waals surface area contributed by atoms with Gasteiger partial charge in [-0.25, -0.2) is 0 Å². The van der Waals surface area contributed by atoms with Crippen LogP contribution in [-0.4, -0.2) is 11.7 Å². The van der Waals surface area contributed by atoms with Crippen LogP contribution in [0.15, 0.2) is 41.3 Å². The molecule has 0 N–H and O–H groups in total. The van der Waals surface area contributed by atoms with Crippen LogP contribution in [0, 0.1) is 0 Å². The smallest absolute Gasteiger partial charge is 0.189 e. The van der Waals surface area contributed by atoms with Gasteiger partial charge in [0, 0.05) is 24.8 Å². The number of fused-ring (bicyclic) bond motifs is 1. The second-order valence-electron chi connectivity index (χ2n) is 3.08. The highest BCUT2D eigenvalue weighted by atomic mass is 16.5. The van der Waals surface area contributed by atoms with E-state index in [1.807, 2.05) is 28.8 Å². The molecule has 72 valence electrons. The quantitative estimate of drug-likeness (QED) is 0.718. The van der Waals surface area contributed by atoms with Gasteiger partial charge in [-0.1, -0.05) is 12.1 Å². The van der Waals surface area contributed by atoms with Crippen LogP contribution in [0.25, 0.3) is 10.9 Å². The summed E-state index contributed by atoms with van der Waals surface area (Å²) in [6, 6.07) is 9.07. The number of hydrogen-bond acceptors (Lipinski definition) is 2. The molecule has 0 radical (unpaired) electrons. The van der Waals surface area contributed by atoms with Gasteiger partial charge in [0.2, 0.25) is 0 Å². The average molecular weight is 189 g/mol. The predicted molar refractivity (Wildman–Crippen MR) is 55.2 cm³/mol. The number of methoxy groups -OCH3 is 1. The molecular weight excluding hydrogens is 178 g/mol. The minimum atomic E-state index is 0.0490. The normalized spacial score (nSPS) is 10.6. The van der Waals surface area contributed by atoms with Crippen LogP contribution < -0.4 is 5.43 Å². The number of pyridine rings is 1. The van der Waals surface area contributed by atoms with E-state index in [1.54, 1.807) is 19.4 Å². The maximum absolute atomic E-state index is 11.5. The zero-order valence-electron chi connectivity index (χ0n) is 7.93. The Balaban J connectivity index is 2.75. The summed E-state index contributed by atoms with van der Waals surface area (Å²) in [5, 5.41) is 0.729. The molecule has 0 fully saturated rings. The number of para-hydroxylation sites is 1. The summed E-state index contributed by atoms with van der Waals surface area (Å²) in [4.78, 5) is 11.5. The number of hydrogen-bond donors (Lipinski definition) is 0. The Morgan fingerprint density at radius 2 is 2.07 bits per heavy atom. The zero-order chi connectivity index (χ0) is 9.97. The zero-order valence-corrected chi connectivity index (χ0v) is 7.93.